The lowest BCUT2D eigenvalue weighted by Crippen LogP contribution is -2.59. The van der Waals surface area contributed by atoms with Crippen molar-refractivity contribution < 1.29 is 9.66 Å². The largest absolute Gasteiger partial charge is 0.368 e. The van der Waals surface area contributed by atoms with Crippen molar-refractivity contribution in [3.05, 3.63) is 28.4 Å². The number of nitro groups is 1. The molecule has 128 valence electrons. The van der Waals surface area contributed by atoms with Gasteiger partial charge in [-0.05, 0) is 37.7 Å². The molecule has 24 heavy (non-hydrogen) atoms. The first-order valence-electron chi connectivity index (χ1n) is 8.32. The minimum Gasteiger partial charge on any atom is -0.365 e. The second kappa shape index (κ2) is 5.14. The number of imidazole rings is 1. The molecule has 4 rings (SSSR count). The lowest BCUT2D eigenvalue weighted by Gasteiger charge is -2.49. The minimum absolute atomic E-state index is 0.116. The van der Waals surface area contributed by atoms with Crippen molar-refractivity contribution in [3.63, 3.8) is 0 Å². The summed E-state index contributed by atoms with van der Waals surface area (Å²) < 4.78 is 7.72. The first kappa shape index (κ1) is 15.3. The van der Waals surface area contributed by atoms with Crippen molar-refractivity contribution >= 4 is 17.3 Å². The molecule has 0 atom stereocenters. The third kappa shape index (κ3) is 2.50. The van der Waals surface area contributed by atoms with E-state index in [4.69, 9.17) is 4.74 Å². The first-order valence-corrected chi connectivity index (χ1v) is 8.32. The van der Waals surface area contributed by atoms with Crippen LogP contribution in [0.5, 0.6) is 0 Å². The third-order valence-electron chi connectivity index (χ3n) is 4.90. The van der Waals surface area contributed by atoms with Gasteiger partial charge in [0.15, 0.2) is 5.82 Å². The molecular weight excluding hydrogens is 310 g/mol. The fraction of sp³-hybridized carbons (Fsp3) is 0.625. The predicted octanol–water partition coefficient (Wildman–Crippen LogP) is 2.57. The molecule has 2 aromatic heterocycles. The van der Waals surface area contributed by atoms with Gasteiger partial charge in [-0.25, -0.2) is 4.98 Å². The van der Waals surface area contributed by atoms with Gasteiger partial charge in [0, 0.05) is 19.2 Å². The molecule has 1 aliphatic heterocycles. The van der Waals surface area contributed by atoms with Gasteiger partial charge in [0.2, 0.25) is 5.65 Å². The van der Waals surface area contributed by atoms with Gasteiger partial charge >= 0.3 is 5.82 Å². The number of nitrogens with zero attached hydrogens (tertiary/aromatic N) is 5. The monoisotopic (exact) mass is 331 g/mol. The lowest BCUT2D eigenvalue weighted by atomic mass is 9.94. The Morgan fingerprint density at radius 3 is 2.71 bits per heavy atom. The maximum absolute atomic E-state index is 11.1. The number of hydrogen-bond donors (Lipinski definition) is 0. The molecule has 1 spiro atoms. The molecule has 2 aromatic rings. The average molecular weight is 331 g/mol. The Morgan fingerprint density at radius 1 is 1.25 bits per heavy atom. The van der Waals surface area contributed by atoms with Gasteiger partial charge in [-0.15, -0.1) is 0 Å². The van der Waals surface area contributed by atoms with E-state index in [1.807, 2.05) is 6.07 Å². The molecule has 0 unspecified atom stereocenters. The van der Waals surface area contributed by atoms with Crippen LogP contribution in [0, 0.1) is 10.1 Å². The number of anilines is 1. The normalized spacial score (nSPS) is 22.3. The summed E-state index contributed by atoms with van der Waals surface area (Å²) in [6.45, 7) is 5.67. The number of aromatic nitrogens is 3. The van der Waals surface area contributed by atoms with E-state index in [1.54, 1.807) is 6.07 Å². The van der Waals surface area contributed by atoms with Crippen molar-refractivity contribution in [1.82, 2.24) is 14.6 Å². The molecule has 0 radical (unpaired) electrons. The van der Waals surface area contributed by atoms with Crippen LogP contribution < -0.4 is 4.90 Å². The zero-order chi connectivity index (χ0) is 16.9. The van der Waals surface area contributed by atoms with E-state index >= 15 is 0 Å². The van der Waals surface area contributed by atoms with E-state index in [1.165, 1.54) is 23.6 Å². The topological polar surface area (TPSA) is 85.8 Å². The van der Waals surface area contributed by atoms with Crippen LogP contribution in [-0.2, 0) is 4.74 Å². The second-order valence-corrected chi connectivity index (χ2v) is 7.44. The summed E-state index contributed by atoms with van der Waals surface area (Å²) in [5, 5.41) is 15.6. The fourth-order valence-corrected chi connectivity index (χ4v) is 4.10. The smallest absolute Gasteiger partial charge is 0.365 e. The molecule has 2 fully saturated rings. The van der Waals surface area contributed by atoms with Crippen molar-refractivity contribution in [2.45, 2.75) is 50.7 Å². The van der Waals surface area contributed by atoms with Crippen LogP contribution in [0.3, 0.4) is 0 Å². The molecule has 1 aliphatic carbocycles. The number of fused-ring (bicyclic) bond motifs is 1. The Kier molecular flexibility index (Phi) is 3.28. The van der Waals surface area contributed by atoms with Crippen LogP contribution >= 0.6 is 0 Å². The quantitative estimate of drug-likeness (QED) is 0.621. The zero-order valence-corrected chi connectivity index (χ0v) is 13.9. The maximum Gasteiger partial charge on any atom is 0.368 e. The number of morpholine rings is 1. The van der Waals surface area contributed by atoms with Gasteiger partial charge in [0.05, 0.1) is 11.2 Å². The number of rotatable bonds is 2. The highest BCUT2D eigenvalue weighted by atomic mass is 16.6. The third-order valence-corrected chi connectivity index (χ3v) is 4.90. The van der Waals surface area contributed by atoms with Crippen molar-refractivity contribution in [2.75, 3.05) is 18.0 Å². The highest BCUT2D eigenvalue weighted by molar-refractivity contribution is 5.50. The summed E-state index contributed by atoms with van der Waals surface area (Å²) in [6, 6.07) is 3.66. The van der Waals surface area contributed by atoms with E-state index in [0.29, 0.717) is 12.2 Å². The SMILES string of the molecule is CC1(C)CN(c2ccc3ncc([N+](=O)[O-])n3n2)CC2(CCCC2)O1. The van der Waals surface area contributed by atoms with Crippen LogP contribution in [0.15, 0.2) is 18.3 Å². The fourth-order valence-electron chi connectivity index (χ4n) is 4.10. The summed E-state index contributed by atoms with van der Waals surface area (Å²) >= 11 is 0. The summed E-state index contributed by atoms with van der Waals surface area (Å²) in [5.74, 6) is 0.612. The van der Waals surface area contributed by atoms with Crippen LogP contribution in [0.25, 0.3) is 5.65 Å². The highest BCUT2D eigenvalue weighted by Gasteiger charge is 2.46. The molecule has 0 amide bonds. The number of ether oxygens (including phenoxy) is 1. The molecule has 1 saturated carbocycles. The van der Waals surface area contributed by atoms with Crippen molar-refractivity contribution in [1.29, 1.82) is 0 Å². The van der Waals surface area contributed by atoms with E-state index in [2.05, 4.69) is 28.8 Å². The molecule has 8 nitrogen and oxygen atoms in total. The summed E-state index contributed by atoms with van der Waals surface area (Å²) in [5.41, 5.74) is 0.0767. The molecule has 0 bridgehead atoms. The first-order chi connectivity index (χ1) is 11.4. The highest BCUT2D eigenvalue weighted by Crippen LogP contribution is 2.41. The summed E-state index contributed by atoms with van der Waals surface area (Å²) in [7, 11) is 0. The summed E-state index contributed by atoms with van der Waals surface area (Å²) in [4.78, 5) is 16.9. The Hall–Kier alpha value is -2.22. The van der Waals surface area contributed by atoms with Gasteiger partial charge in [-0.3, -0.25) is 0 Å². The van der Waals surface area contributed by atoms with E-state index in [-0.39, 0.29) is 17.0 Å². The number of hydrogen-bond acceptors (Lipinski definition) is 6. The standard InChI is InChI=1S/C16H21N5O3/c1-15(2)10-19(11-16(24-15)7-3-4-8-16)13-6-5-12-17-9-14(21(22)23)20(12)18-13/h5-6,9H,3-4,7-8,10-11H2,1-2H3. The molecule has 0 N–H and O–H groups in total. The van der Waals surface area contributed by atoms with Gasteiger partial charge in [-0.1, -0.05) is 22.5 Å². The van der Waals surface area contributed by atoms with Crippen LogP contribution in [0.4, 0.5) is 11.6 Å². The zero-order valence-electron chi connectivity index (χ0n) is 13.9. The van der Waals surface area contributed by atoms with E-state index in [9.17, 15) is 10.1 Å². The minimum atomic E-state index is -0.460. The molecule has 0 aromatic carbocycles. The maximum atomic E-state index is 11.1. The predicted molar refractivity (Wildman–Crippen MR) is 88.2 cm³/mol. The van der Waals surface area contributed by atoms with E-state index < -0.39 is 4.92 Å². The van der Waals surface area contributed by atoms with Gasteiger partial charge in [0.1, 0.15) is 6.20 Å². The Labute approximate surface area is 139 Å². The Bertz CT molecular complexity index is 794. The lowest BCUT2D eigenvalue weighted by molar-refractivity contribution is -0.391. The van der Waals surface area contributed by atoms with Crippen LogP contribution in [0.1, 0.15) is 39.5 Å². The molecule has 3 heterocycles. The van der Waals surface area contributed by atoms with Gasteiger partial charge in [0.25, 0.3) is 0 Å². The molecule has 2 aliphatic rings. The second-order valence-electron chi connectivity index (χ2n) is 7.44. The van der Waals surface area contributed by atoms with E-state index in [0.717, 1.165) is 25.2 Å². The summed E-state index contributed by atoms with van der Waals surface area (Å²) in [6.07, 6.45) is 5.72. The van der Waals surface area contributed by atoms with Crippen molar-refractivity contribution in [3.8, 4) is 0 Å². The molecule has 8 heteroatoms. The Morgan fingerprint density at radius 2 is 2.00 bits per heavy atom. The van der Waals surface area contributed by atoms with Crippen LogP contribution in [0.2, 0.25) is 0 Å². The average Bonchev–Trinajstić information content (AvgIpc) is 3.11. The molecule has 1 saturated heterocycles. The van der Waals surface area contributed by atoms with Gasteiger partial charge in [-0.2, -0.15) is 0 Å². The molecular formula is C16H21N5O3. The van der Waals surface area contributed by atoms with Crippen LogP contribution in [-0.4, -0.2) is 43.8 Å². The Balaban J connectivity index is 1.73. The van der Waals surface area contributed by atoms with Gasteiger partial charge < -0.3 is 19.8 Å². The van der Waals surface area contributed by atoms with Crippen molar-refractivity contribution in [2.24, 2.45) is 0 Å².